The summed E-state index contributed by atoms with van der Waals surface area (Å²) in [5, 5.41) is 14.6. The van der Waals surface area contributed by atoms with Gasteiger partial charge in [-0.1, -0.05) is 103 Å². The van der Waals surface area contributed by atoms with E-state index in [9.17, 15) is 14.7 Å². The molecular formula is C36H52N2O3. The van der Waals surface area contributed by atoms with Gasteiger partial charge in [-0.3, -0.25) is 14.5 Å². The molecule has 5 nitrogen and oxygen atoms in total. The lowest BCUT2D eigenvalue weighted by Crippen LogP contribution is -2.63. The van der Waals surface area contributed by atoms with Crippen LogP contribution in [0.2, 0.25) is 0 Å². The first-order valence-corrected chi connectivity index (χ1v) is 15.8. The normalized spacial score (nSPS) is 17.8. The summed E-state index contributed by atoms with van der Waals surface area (Å²) < 4.78 is 0. The van der Waals surface area contributed by atoms with Crippen LogP contribution in [0, 0.1) is 6.92 Å². The summed E-state index contributed by atoms with van der Waals surface area (Å²) in [5.74, 6) is 0.360. The van der Waals surface area contributed by atoms with E-state index in [1.807, 2.05) is 36.1 Å². The fraction of sp³-hybridized carbons (Fsp3) is 0.611. The number of amides is 2. The van der Waals surface area contributed by atoms with Gasteiger partial charge in [0.1, 0.15) is 11.3 Å². The third-order valence-corrected chi connectivity index (χ3v) is 9.18. The maximum absolute atomic E-state index is 14.4. The lowest BCUT2D eigenvalue weighted by Gasteiger charge is -2.45. The first-order valence-electron chi connectivity index (χ1n) is 15.8. The lowest BCUT2D eigenvalue weighted by atomic mass is 9.77. The van der Waals surface area contributed by atoms with E-state index in [1.54, 1.807) is 0 Å². The third-order valence-electron chi connectivity index (χ3n) is 9.18. The van der Waals surface area contributed by atoms with E-state index in [0.717, 1.165) is 72.9 Å². The van der Waals surface area contributed by atoms with E-state index < -0.39 is 5.54 Å². The zero-order valence-electron chi connectivity index (χ0n) is 26.5. The molecule has 5 heteroatoms. The quantitative estimate of drug-likeness (QED) is 0.360. The van der Waals surface area contributed by atoms with Crippen LogP contribution in [0.3, 0.4) is 0 Å². The zero-order chi connectivity index (χ0) is 30.0. The molecule has 2 saturated carbocycles. The van der Waals surface area contributed by atoms with Crippen LogP contribution >= 0.6 is 0 Å². The molecule has 0 unspecified atom stereocenters. The van der Waals surface area contributed by atoms with Crippen LogP contribution in [0.5, 0.6) is 5.75 Å². The molecule has 0 aliphatic heterocycles. The van der Waals surface area contributed by atoms with Crippen LogP contribution < -0.4 is 10.2 Å². The monoisotopic (exact) mass is 560 g/mol. The molecule has 0 aromatic heterocycles. The Bertz CT molecular complexity index is 1190. The number of aromatic hydroxyl groups is 1. The Kier molecular flexibility index (Phi) is 9.26. The van der Waals surface area contributed by atoms with Crippen molar-refractivity contribution in [2.24, 2.45) is 0 Å². The van der Waals surface area contributed by atoms with Gasteiger partial charge in [-0.25, -0.2) is 0 Å². The van der Waals surface area contributed by atoms with Crippen molar-refractivity contribution in [3.05, 3.63) is 58.7 Å². The number of carbonyl (C=O) groups is 2. The molecule has 2 aromatic rings. The van der Waals surface area contributed by atoms with Crippen molar-refractivity contribution in [3.63, 3.8) is 0 Å². The lowest BCUT2D eigenvalue weighted by molar-refractivity contribution is -0.132. The van der Waals surface area contributed by atoms with Crippen LogP contribution in [0.25, 0.3) is 0 Å². The number of nitrogens with zero attached hydrogens (tertiary/aromatic N) is 1. The van der Waals surface area contributed by atoms with E-state index in [2.05, 4.69) is 59.0 Å². The topological polar surface area (TPSA) is 69.6 Å². The van der Waals surface area contributed by atoms with E-state index in [4.69, 9.17) is 0 Å². The number of anilines is 1. The highest BCUT2D eigenvalue weighted by Gasteiger charge is 2.48. The minimum atomic E-state index is -0.866. The molecule has 41 heavy (non-hydrogen) atoms. The van der Waals surface area contributed by atoms with Gasteiger partial charge in [0.05, 0.1) is 0 Å². The summed E-state index contributed by atoms with van der Waals surface area (Å²) in [7, 11) is 0. The predicted octanol–water partition coefficient (Wildman–Crippen LogP) is 8.02. The van der Waals surface area contributed by atoms with Gasteiger partial charge in [0.25, 0.3) is 0 Å². The van der Waals surface area contributed by atoms with Gasteiger partial charge in [-0.05, 0) is 78.7 Å². The first-order chi connectivity index (χ1) is 19.2. The Morgan fingerprint density at radius 2 is 1.41 bits per heavy atom. The Morgan fingerprint density at radius 3 is 1.93 bits per heavy atom. The molecule has 2 aromatic carbocycles. The second-order valence-electron chi connectivity index (χ2n) is 14.7. The zero-order valence-corrected chi connectivity index (χ0v) is 26.5. The highest BCUT2D eigenvalue weighted by molar-refractivity contribution is 6.04. The highest BCUT2D eigenvalue weighted by Crippen LogP contribution is 2.41. The number of phenolic OH excluding ortho intramolecular Hbond substituents is 1. The van der Waals surface area contributed by atoms with Gasteiger partial charge in [0, 0.05) is 18.2 Å². The molecule has 0 radical (unpaired) electrons. The smallest absolute Gasteiger partial charge is 0.246 e. The molecule has 2 N–H and O–H groups in total. The minimum absolute atomic E-state index is 0.0139. The van der Waals surface area contributed by atoms with Crippen LogP contribution in [-0.4, -0.2) is 28.5 Å². The standard InChI is InChI=1S/C36H52N2O3/c1-25-15-18-28(19-16-25)38(36(21-11-8-12-22-36)33(41)37-27-13-9-10-14-27)31(39)20-17-26-23-29(34(2,3)4)32(40)30(24-26)35(5,6)7/h15-16,18-19,23-24,27,40H,8-14,17,20-22H2,1-7H3,(H,37,41). The maximum atomic E-state index is 14.4. The Labute approximate surface area is 248 Å². The Hall–Kier alpha value is -2.82. The molecule has 224 valence electrons. The predicted molar refractivity (Wildman–Crippen MR) is 169 cm³/mol. The molecule has 2 fully saturated rings. The number of aryl methyl sites for hydroxylation is 2. The number of rotatable bonds is 7. The van der Waals surface area contributed by atoms with Crippen LogP contribution in [0.15, 0.2) is 36.4 Å². The summed E-state index contributed by atoms with van der Waals surface area (Å²) in [4.78, 5) is 30.4. The molecule has 0 heterocycles. The van der Waals surface area contributed by atoms with Crippen molar-refractivity contribution in [2.45, 2.75) is 142 Å². The molecular weight excluding hydrogens is 508 g/mol. The molecule has 4 rings (SSSR count). The SMILES string of the molecule is Cc1ccc(N(C(=O)CCc2cc(C(C)(C)C)c(O)c(C(C)(C)C)c2)C2(C(=O)NC3CCCC3)CCCCC2)cc1. The molecule has 0 atom stereocenters. The van der Waals surface area contributed by atoms with Crippen molar-refractivity contribution in [1.29, 1.82) is 0 Å². The number of carbonyl (C=O) groups excluding carboxylic acids is 2. The molecule has 2 aliphatic rings. The fourth-order valence-electron chi connectivity index (χ4n) is 6.75. The van der Waals surface area contributed by atoms with Gasteiger partial charge in [-0.15, -0.1) is 0 Å². The largest absolute Gasteiger partial charge is 0.507 e. The molecule has 0 saturated heterocycles. The summed E-state index contributed by atoms with van der Waals surface area (Å²) in [6, 6.07) is 12.4. The number of benzene rings is 2. The van der Waals surface area contributed by atoms with Crippen LogP contribution in [0.4, 0.5) is 5.69 Å². The Balaban J connectivity index is 1.70. The molecule has 2 amide bonds. The molecule has 2 aliphatic carbocycles. The van der Waals surface area contributed by atoms with Gasteiger partial charge in [0.15, 0.2) is 0 Å². The first kappa shape index (κ1) is 31.1. The summed E-state index contributed by atoms with van der Waals surface area (Å²) in [6.45, 7) is 14.7. The highest BCUT2D eigenvalue weighted by atomic mass is 16.3. The van der Waals surface area contributed by atoms with E-state index in [0.29, 0.717) is 31.4 Å². The summed E-state index contributed by atoms with van der Waals surface area (Å²) in [6.07, 6.45) is 9.53. The second kappa shape index (κ2) is 12.2. The average molecular weight is 561 g/mol. The number of hydrogen-bond acceptors (Lipinski definition) is 3. The van der Waals surface area contributed by atoms with Gasteiger partial charge in [0.2, 0.25) is 11.8 Å². The summed E-state index contributed by atoms with van der Waals surface area (Å²) in [5.41, 5.74) is 3.46. The van der Waals surface area contributed by atoms with Crippen molar-refractivity contribution in [1.82, 2.24) is 5.32 Å². The number of hydrogen-bond donors (Lipinski definition) is 2. The van der Waals surface area contributed by atoms with Crippen molar-refractivity contribution >= 4 is 17.5 Å². The number of phenols is 1. The third kappa shape index (κ3) is 6.98. The second-order valence-corrected chi connectivity index (χ2v) is 14.7. The Morgan fingerprint density at radius 1 is 0.878 bits per heavy atom. The minimum Gasteiger partial charge on any atom is -0.507 e. The van der Waals surface area contributed by atoms with Gasteiger partial charge in [-0.2, -0.15) is 0 Å². The fourth-order valence-corrected chi connectivity index (χ4v) is 6.75. The van der Waals surface area contributed by atoms with Crippen molar-refractivity contribution in [3.8, 4) is 5.75 Å². The van der Waals surface area contributed by atoms with E-state index in [1.165, 1.54) is 0 Å². The molecule has 0 bridgehead atoms. The van der Waals surface area contributed by atoms with Crippen molar-refractivity contribution < 1.29 is 14.7 Å². The van der Waals surface area contributed by atoms with Gasteiger partial charge >= 0.3 is 0 Å². The van der Waals surface area contributed by atoms with E-state index in [-0.39, 0.29) is 28.7 Å². The average Bonchev–Trinajstić information content (AvgIpc) is 3.41. The van der Waals surface area contributed by atoms with Gasteiger partial charge < -0.3 is 10.4 Å². The van der Waals surface area contributed by atoms with Crippen LogP contribution in [-0.2, 0) is 26.8 Å². The van der Waals surface area contributed by atoms with Crippen LogP contribution in [0.1, 0.15) is 128 Å². The van der Waals surface area contributed by atoms with E-state index >= 15 is 0 Å². The molecule has 0 spiro atoms. The summed E-state index contributed by atoms with van der Waals surface area (Å²) >= 11 is 0. The van der Waals surface area contributed by atoms with Crippen molar-refractivity contribution in [2.75, 3.05) is 4.90 Å². The maximum Gasteiger partial charge on any atom is 0.246 e. The number of nitrogens with one attached hydrogen (secondary N) is 1.